The van der Waals surface area contributed by atoms with E-state index in [9.17, 15) is 4.79 Å². The number of nitrogens with zero attached hydrogens (tertiary/aromatic N) is 3. The van der Waals surface area contributed by atoms with Gasteiger partial charge in [0.1, 0.15) is 12.9 Å². The fraction of sp³-hybridized carbons (Fsp3) is 0.250. The van der Waals surface area contributed by atoms with Crippen LogP contribution in [-0.2, 0) is 17.8 Å². The smallest absolute Gasteiger partial charge is 0.241 e. The molecular weight excluding hydrogens is 301 g/mol. The highest BCUT2D eigenvalue weighted by molar-refractivity contribution is 6.35. The van der Waals surface area contributed by atoms with Gasteiger partial charge >= 0.3 is 0 Å². The predicted molar refractivity (Wildman–Crippen MR) is 77.6 cm³/mol. The van der Waals surface area contributed by atoms with Crippen molar-refractivity contribution in [2.45, 2.75) is 13.0 Å². The van der Waals surface area contributed by atoms with Crippen LogP contribution < -0.4 is 11.1 Å². The second-order valence-corrected chi connectivity index (χ2v) is 4.98. The van der Waals surface area contributed by atoms with Gasteiger partial charge in [-0.15, -0.1) is 5.10 Å². The Morgan fingerprint density at radius 1 is 1.40 bits per heavy atom. The van der Waals surface area contributed by atoms with E-state index in [1.165, 1.54) is 11.0 Å². The maximum absolute atomic E-state index is 11.7. The largest absolute Gasteiger partial charge is 0.367 e. The fourth-order valence-corrected chi connectivity index (χ4v) is 2.15. The lowest BCUT2D eigenvalue weighted by molar-refractivity contribution is -0.121. The van der Waals surface area contributed by atoms with Gasteiger partial charge in [-0.25, -0.2) is 9.67 Å². The van der Waals surface area contributed by atoms with Crippen LogP contribution in [0.1, 0.15) is 5.56 Å². The summed E-state index contributed by atoms with van der Waals surface area (Å²) in [5, 5.41) is 7.78. The maximum Gasteiger partial charge on any atom is 0.241 e. The Morgan fingerprint density at radius 2 is 2.20 bits per heavy atom. The zero-order valence-electron chi connectivity index (χ0n) is 10.5. The number of aromatic nitrogens is 3. The van der Waals surface area contributed by atoms with Crippen molar-refractivity contribution in [3.63, 3.8) is 0 Å². The molecule has 8 heteroatoms. The number of halogens is 2. The van der Waals surface area contributed by atoms with E-state index in [-0.39, 0.29) is 18.4 Å². The molecule has 3 N–H and O–H groups in total. The average molecular weight is 314 g/mol. The van der Waals surface area contributed by atoms with Crippen LogP contribution in [0.3, 0.4) is 0 Å². The zero-order valence-corrected chi connectivity index (χ0v) is 12.0. The van der Waals surface area contributed by atoms with E-state index < -0.39 is 0 Å². The van der Waals surface area contributed by atoms with Crippen LogP contribution in [0.4, 0.5) is 5.95 Å². The molecule has 2 rings (SSSR count). The molecule has 0 radical (unpaired) electrons. The third-order valence-corrected chi connectivity index (χ3v) is 3.18. The zero-order chi connectivity index (χ0) is 14.5. The van der Waals surface area contributed by atoms with Gasteiger partial charge in [0, 0.05) is 16.6 Å². The number of nitrogens with one attached hydrogen (secondary N) is 1. The van der Waals surface area contributed by atoms with E-state index in [0.717, 1.165) is 5.56 Å². The van der Waals surface area contributed by atoms with Crippen molar-refractivity contribution in [3.8, 4) is 0 Å². The molecule has 0 bridgehead atoms. The molecule has 1 aromatic carbocycles. The Kier molecular flexibility index (Phi) is 4.81. The fourth-order valence-electron chi connectivity index (χ4n) is 1.65. The topological polar surface area (TPSA) is 85.8 Å². The van der Waals surface area contributed by atoms with Gasteiger partial charge in [0.05, 0.1) is 0 Å². The number of carbonyl (C=O) groups excluding carboxylic acids is 1. The molecular formula is C12H13Cl2N5O. The first-order chi connectivity index (χ1) is 9.54. The first kappa shape index (κ1) is 14.6. The molecule has 0 saturated heterocycles. The van der Waals surface area contributed by atoms with Crippen molar-refractivity contribution in [2.24, 2.45) is 0 Å². The number of hydrogen-bond acceptors (Lipinski definition) is 4. The summed E-state index contributed by atoms with van der Waals surface area (Å²) in [4.78, 5) is 15.4. The number of nitrogen functional groups attached to an aromatic ring is 1. The number of rotatable bonds is 5. The molecule has 1 aromatic heterocycles. The first-order valence-corrected chi connectivity index (χ1v) is 6.66. The molecule has 2 aromatic rings. The summed E-state index contributed by atoms with van der Waals surface area (Å²) in [6.07, 6.45) is 2.03. The monoisotopic (exact) mass is 313 g/mol. The number of hydrogen-bond donors (Lipinski definition) is 2. The van der Waals surface area contributed by atoms with Gasteiger partial charge in [-0.1, -0.05) is 29.3 Å². The SMILES string of the molecule is Nc1ncn(CC(=O)NCCc2ccc(Cl)cc2Cl)n1. The lowest BCUT2D eigenvalue weighted by atomic mass is 10.1. The number of amides is 1. The average Bonchev–Trinajstić information content (AvgIpc) is 2.77. The molecule has 0 aliphatic rings. The lowest BCUT2D eigenvalue weighted by Crippen LogP contribution is -2.29. The summed E-state index contributed by atoms with van der Waals surface area (Å²) in [7, 11) is 0. The minimum atomic E-state index is -0.167. The second-order valence-electron chi connectivity index (χ2n) is 4.14. The Labute approximate surface area is 125 Å². The summed E-state index contributed by atoms with van der Waals surface area (Å²) < 4.78 is 1.37. The van der Waals surface area contributed by atoms with E-state index in [1.54, 1.807) is 12.1 Å². The minimum absolute atomic E-state index is 0.0819. The summed E-state index contributed by atoms with van der Waals surface area (Å²) in [6.45, 7) is 0.558. The summed E-state index contributed by atoms with van der Waals surface area (Å²) in [5.74, 6) is -0.0225. The van der Waals surface area contributed by atoms with Gasteiger partial charge in [-0.05, 0) is 24.1 Å². The summed E-state index contributed by atoms with van der Waals surface area (Å²) >= 11 is 11.9. The van der Waals surface area contributed by atoms with Gasteiger partial charge in [0.2, 0.25) is 11.9 Å². The van der Waals surface area contributed by atoms with Crippen molar-refractivity contribution in [3.05, 3.63) is 40.1 Å². The molecule has 6 nitrogen and oxygen atoms in total. The van der Waals surface area contributed by atoms with Crippen molar-refractivity contribution >= 4 is 35.1 Å². The maximum atomic E-state index is 11.7. The third-order valence-electron chi connectivity index (χ3n) is 2.59. The van der Waals surface area contributed by atoms with Crippen LogP contribution in [0, 0.1) is 0 Å². The van der Waals surface area contributed by atoms with Gasteiger partial charge < -0.3 is 11.1 Å². The van der Waals surface area contributed by atoms with Crippen molar-refractivity contribution in [2.75, 3.05) is 12.3 Å². The Hall–Kier alpha value is -1.79. The van der Waals surface area contributed by atoms with E-state index >= 15 is 0 Å². The van der Waals surface area contributed by atoms with Crippen LogP contribution in [0.25, 0.3) is 0 Å². The summed E-state index contributed by atoms with van der Waals surface area (Å²) in [5.41, 5.74) is 6.29. The highest BCUT2D eigenvalue weighted by atomic mass is 35.5. The van der Waals surface area contributed by atoms with E-state index in [4.69, 9.17) is 28.9 Å². The van der Waals surface area contributed by atoms with Gasteiger partial charge in [0.25, 0.3) is 0 Å². The Balaban J connectivity index is 1.79. The van der Waals surface area contributed by atoms with Crippen LogP contribution in [-0.4, -0.2) is 27.2 Å². The number of benzene rings is 1. The van der Waals surface area contributed by atoms with E-state index in [1.807, 2.05) is 6.07 Å². The molecule has 0 saturated carbocycles. The Morgan fingerprint density at radius 3 is 2.85 bits per heavy atom. The molecule has 0 aliphatic carbocycles. The molecule has 0 atom stereocenters. The van der Waals surface area contributed by atoms with E-state index in [2.05, 4.69) is 15.4 Å². The second kappa shape index (κ2) is 6.58. The molecule has 0 spiro atoms. The molecule has 1 heterocycles. The normalized spacial score (nSPS) is 10.5. The van der Waals surface area contributed by atoms with Crippen LogP contribution >= 0.6 is 23.2 Å². The summed E-state index contributed by atoms with van der Waals surface area (Å²) in [6, 6.07) is 5.29. The predicted octanol–water partition coefficient (Wildman–Crippen LogP) is 1.53. The number of carbonyl (C=O) groups is 1. The van der Waals surface area contributed by atoms with Crippen LogP contribution in [0.15, 0.2) is 24.5 Å². The lowest BCUT2D eigenvalue weighted by Gasteiger charge is -2.07. The molecule has 106 valence electrons. The highest BCUT2D eigenvalue weighted by Crippen LogP contribution is 2.20. The molecule has 0 unspecified atom stereocenters. The van der Waals surface area contributed by atoms with Gasteiger partial charge in [-0.2, -0.15) is 0 Å². The quantitative estimate of drug-likeness (QED) is 0.876. The van der Waals surface area contributed by atoms with Crippen LogP contribution in [0.5, 0.6) is 0 Å². The van der Waals surface area contributed by atoms with Gasteiger partial charge in [-0.3, -0.25) is 4.79 Å². The Bertz CT molecular complexity index is 614. The molecule has 1 amide bonds. The first-order valence-electron chi connectivity index (χ1n) is 5.90. The van der Waals surface area contributed by atoms with Crippen molar-refractivity contribution < 1.29 is 4.79 Å². The molecule has 0 aliphatic heterocycles. The van der Waals surface area contributed by atoms with Gasteiger partial charge in [0.15, 0.2) is 0 Å². The standard InChI is InChI=1S/C12H13Cl2N5O/c13-9-2-1-8(10(14)5-9)3-4-16-11(20)6-19-7-17-12(15)18-19/h1-2,5,7H,3-4,6H2,(H2,15,18)(H,16,20). The van der Waals surface area contributed by atoms with Crippen molar-refractivity contribution in [1.82, 2.24) is 20.1 Å². The number of anilines is 1. The van der Waals surface area contributed by atoms with Crippen molar-refractivity contribution in [1.29, 1.82) is 0 Å². The third kappa shape index (κ3) is 4.11. The minimum Gasteiger partial charge on any atom is -0.367 e. The van der Waals surface area contributed by atoms with E-state index in [0.29, 0.717) is 23.0 Å². The highest BCUT2D eigenvalue weighted by Gasteiger charge is 2.05. The van der Waals surface area contributed by atoms with Crippen LogP contribution in [0.2, 0.25) is 10.0 Å². The number of nitrogens with two attached hydrogens (primary N) is 1. The molecule has 20 heavy (non-hydrogen) atoms. The molecule has 0 fully saturated rings.